The maximum atomic E-state index is 12.4. The fourth-order valence-electron chi connectivity index (χ4n) is 1.41. The highest BCUT2D eigenvalue weighted by molar-refractivity contribution is 7.99. The highest BCUT2D eigenvalue weighted by atomic mass is 35.5. The maximum absolute atomic E-state index is 12.4. The minimum absolute atomic E-state index is 0.164. The number of allylic oxidation sites excluding steroid dienone is 9. The van der Waals surface area contributed by atoms with Gasteiger partial charge in [0.1, 0.15) is 0 Å². The molecule has 0 spiro atoms. The van der Waals surface area contributed by atoms with Crippen LogP contribution >= 0.6 is 23.2 Å². The molecular formula is C14H14Cl2O2S. The molecule has 1 aliphatic carbocycles. The number of hydrogen-bond acceptors (Lipinski definition) is 2. The quantitative estimate of drug-likeness (QED) is 0.711. The van der Waals surface area contributed by atoms with Crippen LogP contribution in [-0.4, -0.2) is 8.42 Å². The molecule has 1 aliphatic rings. The van der Waals surface area contributed by atoms with E-state index < -0.39 is 9.84 Å². The van der Waals surface area contributed by atoms with Gasteiger partial charge in [-0.3, -0.25) is 0 Å². The maximum Gasteiger partial charge on any atom is 0.206 e. The fourth-order valence-corrected chi connectivity index (χ4v) is 2.98. The van der Waals surface area contributed by atoms with Gasteiger partial charge >= 0.3 is 0 Å². The Morgan fingerprint density at radius 1 is 1.37 bits per heavy atom. The van der Waals surface area contributed by atoms with Crippen molar-refractivity contribution in [1.29, 1.82) is 0 Å². The molecule has 0 radical (unpaired) electrons. The second kappa shape index (κ2) is 6.94. The molecule has 0 fully saturated rings. The normalized spacial score (nSPS) is 17.1. The first kappa shape index (κ1) is 16.0. The van der Waals surface area contributed by atoms with Crippen molar-refractivity contribution in [2.75, 3.05) is 0 Å². The van der Waals surface area contributed by atoms with Crippen LogP contribution in [0, 0.1) is 0 Å². The molecule has 1 rings (SSSR count). The molecule has 0 bridgehead atoms. The van der Waals surface area contributed by atoms with Gasteiger partial charge in [-0.1, -0.05) is 41.9 Å². The topological polar surface area (TPSA) is 34.1 Å². The van der Waals surface area contributed by atoms with Gasteiger partial charge in [0.05, 0.1) is 9.81 Å². The van der Waals surface area contributed by atoms with Crippen molar-refractivity contribution in [2.24, 2.45) is 0 Å². The zero-order valence-electron chi connectivity index (χ0n) is 10.4. The van der Waals surface area contributed by atoms with E-state index in [1.165, 1.54) is 24.3 Å². The molecule has 0 aromatic heterocycles. The third-order valence-electron chi connectivity index (χ3n) is 2.36. The van der Waals surface area contributed by atoms with Gasteiger partial charge in [-0.25, -0.2) is 8.42 Å². The molecular weight excluding hydrogens is 303 g/mol. The Kier molecular flexibility index (Phi) is 5.85. The van der Waals surface area contributed by atoms with Crippen molar-refractivity contribution in [3.8, 4) is 0 Å². The number of halogens is 2. The van der Waals surface area contributed by atoms with E-state index in [9.17, 15) is 8.42 Å². The molecule has 2 nitrogen and oxygen atoms in total. The minimum atomic E-state index is -3.57. The summed E-state index contributed by atoms with van der Waals surface area (Å²) >= 11 is 11.5. The first-order valence-corrected chi connectivity index (χ1v) is 7.78. The smallest absolute Gasteiger partial charge is 0.206 e. The van der Waals surface area contributed by atoms with Crippen LogP contribution in [0.5, 0.6) is 0 Å². The Morgan fingerprint density at radius 2 is 2.05 bits per heavy atom. The summed E-state index contributed by atoms with van der Waals surface area (Å²) in [6, 6.07) is 0. The zero-order valence-corrected chi connectivity index (χ0v) is 12.8. The van der Waals surface area contributed by atoms with Crippen LogP contribution in [0.1, 0.15) is 13.3 Å². The lowest BCUT2D eigenvalue weighted by Gasteiger charge is -2.05. The lowest BCUT2D eigenvalue weighted by Crippen LogP contribution is -2.04. The summed E-state index contributed by atoms with van der Waals surface area (Å²) in [6.07, 6.45) is 11.3. The molecule has 0 saturated heterocycles. The highest BCUT2D eigenvalue weighted by Gasteiger charge is 2.19. The summed E-state index contributed by atoms with van der Waals surface area (Å²) in [5.41, 5.74) is 0. The molecule has 0 atom stereocenters. The van der Waals surface area contributed by atoms with Crippen molar-refractivity contribution >= 4 is 33.0 Å². The molecule has 102 valence electrons. The van der Waals surface area contributed by atoms with Crippen molar-refractivity contribution in [1.82, 2.24) is 0 Å². The third kappa shape index (κ3) is 4.53. The molecule has 0 aromatic rings. The van der Waals surface area contributed by atoms with E-state index in [1.54, 1.807) is 25.2 Å². The summed E-state index contributed by atoms with van der Waals surface area (Å²) in [6.45, 7) is 5.13. The van der Waals surface area contributed by atoms with Gasteiger partial charge in [-0.05, 0) is 37.3 Å². The van der Waals surface area contributed by atoms with Crippen LogP contribution in [0.15, 0.2) is 69.0 Å². The van der Waals surface area contributed by atoms with Crippen LogP contribution in [0.25, 0.3) is 0 Å². The van der Waals surface area contributed by atoms with E-state index in [2.05, 4.69) is 6.58 Å². The van der Waals surface area contributed by atoms with Gasteiger partial charge in [0.25, 0.3) is 0 Å². The summed E-state index contributed by atoms with van der Waals surface area (Å²) in [5.74, 6) is 0. The Morgan fingerprint density at radius 3 is 2.63 bits per heavy atom. The van der Waals surface area contributed by atoms with Crippen LogP contribution in [0.2, 0.25) is 0 Å². The predicted octanol–water partition coefficient (Wildman–Crippen LogP) is 4.58. The fraction of sp³-hybridized carbons (Fsp3) is 0.143. The first-order chi connectivity index (χ1) is 8.87. The SMILES string of the molecule is C=C(Cl)/C=C\C(=C/C)S(=O)(=O)C1=CC=C(Cl)CC=C1. The van der Waals surface area contributed by atoms with Crippen molar-refractivity contribution in [3.05, 3.63) is 69.0 Å². The van der Waals surface area contributed by atoms with Gasteiger partial charge in [-0.2, -0.15) is 0 Å². The summed E-state index contributed by atoms with van der Waals surface area (Å²) in [7, 11) is -3.57. The van der Waals surface area contributed by atoms with Gasteiger partial charge in [-0.15, -0.1) is 0 Å². The predicted molar refractivity (Wildman–Crippen MR) is 82.6 cm³/mol. The Hall–Kier alpha value is -1.03. The van der Waals surface area contributed by atoms with Gasteiger partial charge in [0.15, 0.2) is 0 Å². The minimum Gasteiger partial charge on any atom is -0.219 e. The standard InChI is InChI=1S/C14H14Cl2O2S/c1-3-13(9-7-11(2)15)19(17,18)14-6-4-5-12(16)8-10-14/h3-4,6-10H,2,5H2,1H3/b9-7-,13-3+. The van der Waals surface area contributed by atoms with E-state index in [0.717, 1.165) is 0 Å². The Balaban J connectivity index is 3.20. The van der Waals surface area contributed by atoms with E-state index in [-0.39, 0.29) is 14.8 Å². The number of rotatable bonds is 4. The molecule has 0 heterocycles. The van der Waals surface area contributed by atoms with E-state index in [0.29, 0.717) is 11.5 Å². The Bertz CT molecular complexity index is 618. The van der Waals surface area contributed by atoms with Crippen LogP contribution in [0.4, 0.5) is 0 Å². The van der Waals surface area contributed by atoms with Gasteiger partial charge in [0.2, 0.25) is 9.84 Å². The lowest BCUT2D eigenvalue weighted by molar-refractivity contribution is 0.609. The van der Waals surface area contributed by atoms with E-state index >= 15 is 0 Å². The molecule has 5 heteroatoms. The third-order valence-corrected chi connectivity index (χ3v) is 4.65. The second-order valence-corrected chi connectivity index (χ2v) is 6.68. The molecule has 0 amide bonds. The van der Waals surface area contributed by atoms with Crippen molar-refractivity contribution in [3.63, 3.8) is 0 Å². The average molecular weight is 317 g/mol. The zero-order chi connectivity index (χ0) is 14.5. The van der Waals surface area contributed by atoms with Crippen LogP contribution in [-0.2, 0) is 9.84 Å². The monoisotopic (exact) mass is 316 g/mol. The lowest BCUT2D eigenvalue weighted by atomic mass is 10.4. The number of sulfone groups is 1. The van der Waals surface area contributed by atoms with Crippen LogP contribution in [0.3, 0.4) is 0 Å². The van der Waals surface area contributed by atoms with Crippen LogP contribution < -0.4 is 0 Å². The highest BCUT2D eigenvalue weighted by Crippen LogP contribution is 2.24. The van der Waals surface area contributed by atoms with Gasteiger partial charge in [0, 0.05) is 16.5 Å². The van der Waals surface area contributed by atoms with E-state index in [4.69, 9.17) is 23.2 Å². The second-order valence-electron chi connectivity index (χ2n) is 3.76. The largest absolute Gasteiger partial charge is 0.219 e. The Labute approximate surface area is 124 Å². The molecule has 0 aromatic carbocycles. The van der Waals surface area contributed by atoms with Crippen molar-refractivity contribution in [2.45, 2.75) is 13.3 Å². The molecule has 0 N–H and O–H groups in total. The molecule has 19 heavy (non-hydrogen) atoms. The molecule has 0 saturated carbocycles. The van der Waals surface area contributed by atoms with Crippen molar-refractivity contribution < 1.29 is 8.42 Å². The molecule has 0 unspecified atom stereocenters. The summed E-state index contributed by atoms with van der Waals surface area (Å²) < 4.78 is 24.8. The number of hydrogen-bond donors (Lipinski definition) is 0. The first-order valence-electron chi connectivity index (χ1n) is 5.54. The van der Waals surface area contributed by atoms with E-state index in [1.807, 2.05) is 0 Å². The molecule has 0 aliphatic heterocycles. The summed E-state index contributed by atoms with van der Waals surface area (Å²) in [4.78, 5) is 0.359. The summed E-state index contributed by atoms with van der Waals surface area (Å²) in [5, 5.41) is 0.857. The van der Waals surface area contributed by atoms with Gasteiger partial charge < -0.3 is 0 Å². The average Bonchev–Trinajstić information content (AvgIpc) is 2.54.